The fourth-order valence-corrected chi connectivity index (χ4v) is 3.74. The summed E-state index contributed by atoms with van der Waals surface area (Å²) in [6, 6.07) is 4.79. The van der Waals surface area contributed by atoms with Crippen molar-refractivity contribution in [1.29, 1.82) is 5.41 Å². The van der Waals surface area contributed by atoms with Gasteiger partial charge in [-0.15, -0.1) is 0 Å². The van der Waals surface area contributed by atoms with Gasteiger partial charge in [0.25, 0.3) is 0 Å². The third-order valence-electron chi connectivity index (χ3n) is 3.83. The molecule has 1 aliphatic heterocycles. The number of esters is 1. The number of rotatable bonds is 3. The van der Waals surface area contributed by atoms with E-state index < -0.39 is 23.5 Å². The lowest BCUT2D eigenvalue weighted by Crippen LogP contribution is -2.61. The van der Waals surface area contributed by atoms with Crippen LogP contribution in [0, 0.1) is 11.3 Å². The first-order valence-electron chi connectivity index (χ1n) is 7.19. The molecule has 1 aromatic rings. The predicted molar refractivity (Wildman–Crippen MR) is 96.9 cm³/mol. The highest BCUT2D eigenvalue weighted by molar-refractivity contribution is 7.80. The van der Waals surface area contributed by atoms with Gasteiger partial charge < -0.3 is 15.2 Å². The molecule has 128 valence electrons. The molecule has 5 nitrogen and oxygen atoms in total. The fourth-order valence-electron chi connectivity index (χ4n) is 2.83. The lowest BCUT2D eigenvalue weighted by atomic mass is 9.72. The monoisotopic (exact) mass is 386 g/mol. The second kappa shape index (κ2) is 7.21. The molecule has 2 rings (SSSR count). The topological polar surface area (TPSA) is 82.4 Å². The Kier molecular flexibility index (Phi) is 5.68. The molecule has 24 heavy (non-hydrogen) atoms. The average molecular weight is 387 g/mol. The van der Waals surface area contributed by atoms with Gasteiger partial charge in [-0.1, -0.05) is 41.5 Å². The van der Waals surface area contributed by atoms with E-state index in [2.05, 4.69) is 11.2 Å². The molecule has 0 radical (unpaired) electrons. The molecular formula is C16H16Cl2N2O3S. The van der Waals surface area contributed by atoms with Crippen molar-refractivity contribution in [2.45, 2.75) is 25.5 Å². The molecule has 0 saturated carbocycles. The van der Waals surface area contributed by atoms with Crippen LogP contribution in [0.3, 0.4) is 0 Å². The first-order chi connectivity index (χ1) is 11.2. The van der Waals surface area contributed by atoms with Crippen LogP contribution in [0.15, 0.2) is 23.8 Å². The molecule has 1 saturated heterocycles. The second-order valence-corrected chi connectivity index (χ2v) is 6.77. The minimum Gasteiger partial charge on any atom is -0.466 e. The molecule has 3 atom stereocenters. The van der Waals surface area contributed by atoms with Gasteiger partial charge in [0.1, 0.15) is 16.6 Å². The lowest BCUT2D eigenvalue weighted by Gasteiger charge is -2.43. The van der Waals surface area contributed by atoms with Gasteiger partial charge in [-0.25, -0.2) is 0 Å². The number of benzene rings is 1. The van der Waals surface area contributed by atoms with Crippen molar-refractivity contribution < 1.29 is 14.6 Å². The number of piperidine rings is 1. The summed E-state index contributed by atoms with van der Waals surface area (Å²) in [4.78, 5) is 12.6. The minimum atomic E-state index is -1.67. The van der Waals surface area contributed by atoms with Gasteiger partial charge >= 0.3 is 5.97 Å². The summed E-state index contributed by atoms with van der Waals surface area (Å²) in [6.07, 6.45) is 0. The van der Waals surface area contributed by atoms with E-state index in [4.69, 9.17) is 45.6 Å². The van der Waals surface area contributed by atoms with Crippen molar-refractivity contribution in [3.8, 4) is 0 Å². The number of ether oxygens (including phenoxy) is 1. The van der Waals surface area contributed by atoms with E-state index in [9.17, 15) is 9.90 Å². The smallest absolute Gasteiger partial charge is 0.314 e. The van der Waals surface area contributed by atoms with E-state index in [0.29, 0.717) is 15.6 Å². The van der Waals surface area contributed by atoms with Crippen LogP contribution >= 0.6 is 35.4 Å². The maximum absolute atomic E-state index is 12.5. The molecule has 1 aliphatic rings. The highest BCUT2D eigenvalue weighted by atomic mass is 35.5. The Morgan fingerprint density at radius 2 is 2.21 bits per heavy atom. The van der Waals surface area contributed by atoms with E-state index in [1.165, 1.54) is 13.0 Å². The van der Waals surface area contributed by atoms with Crippen LogP contribution < -0.4 is 5.32 Å². The van der Waals surface area contributed by atoms with Crippen LogP contribution in [0.5, 0.6) is 0 Å². The molecule has 1 unspecified atom stereocenters. The number of carbonyl (C=O) groups excluding carboxylic acids is 1. The van der Waals surface area contributed by atoms with Crippen molar-refractivity contribution in [3.05, 3.63) is 39.4 Å². The quantitative estimate of drug-likeness (QED) is 0.321. The van der Waals surface area contributed by atoms with Crippen LogP contribution in [0.2, 0.25) is 10.0 Å². The zero-order chi connectivity index (χ0) is 18.1. The Morgan fingerprint density at radius 1 is 1.54 bits per heavy atom. The summed E-state index contributed by atoms with van der Waals surface area (Å²) in [5, 5.41) is 21.7. The number of hydrogen-bond acceptors (Lipinski definition) is 5. The Bertz CT molecular complexity index is 745. The van der Waals surface area contributed by atoms with Crippen molar-refractivity contribution >= 4 is 52.2 Å². The average Bonchev–Trinajstić information content (AvgIpc) is 2.45. The molecule has 0 aliphatic carbocycles. The van der Waals surface area contributed by atoms with E-state index in [0.717, 1.165) is 0 Å². The van der Waals surface area contributed by atoms with Gasteiger partial charge in [-0.05, 0) is 37.4 Å². The molecule has 3 N–H and O–H groups in total. The van der Waals surface area contributed by atoms with Crippen molar-refractivity contribution in [2.24, 2.45) is 5.92 Å². The Balaban J connectivity index is 2.67. The van der Waals surface area contributed by atoms with E-state index in [1.54, 1.807) is 19.1 Å². The molecule has 0 amide bonds. The molecule has 8 heteroatoms. The van der Waals surface area contributed by atoms with Crippen LogP contribution in [0.4, 0.5) is 0 Å². The van der Waals surface area contributed by atoms with Crippen LogP contribution in [-0.4, -0.2) is 34.3 Å². The molecule has 0 aromatic heterocycles. The summed E-state index contributed by atoms with van der Waals surface area (Å²) in [7, 11) is 0. The van der Waals surface area contributed by atoms with Gasteiger partial charge in [0.05, 0.1) is 12.2 Å². The zero-order valence-electron chi connectivity index (χ0n) is 13.0. The van der Waals surface area contributed by atoms with Crippen LogP contribution in [-0.2, 0) is 9.53 Å². The van der Waals surface area contributed by atoms with E-state index in [1.807, 2.05) is 0 Å². The maximum Gasteiger partial charge on any atom is 0.314 e. The number of hydrogen-bond donors (Lipinski definition) is 3. The number of carbonyl (C=O) groups is 1. The summed E-state index contributed by atoms with van der Waals surface area (Å²) in [5.74, 6) is -0.204. The SMILES string of the molecule is CCOC(=O)[C@@H]1[C@@H](c2ccc(Cl)cc2Cl)C(=C=N)C(=S)NC1(C)O. The predicted octanol–water partition coefficient (Wildman–Crippen LogP) is 3.07. The second-order valence-electron chi connectivity index (χ2n) is 5.51. The molecule has 0 bridgehead atoms. The summed E-state index contributed by atoms with van der Waals surface area (Å²) in [6.45, 7) is 3.25. The first kappa shape index (κ1) is 18.9. The molecule has 1 heterocycles. The van der Waals surface area contributed by atoms with Crippen LogP contribution in [0.25, 0.3) is 0 Å². The number of halogens is 2. The fraction of sp³-hybridized carbons (Fsp3) is 0.375. The Morgan fingerprint density at radius 3 is 2.75 bits per heavy atom. The van der Waals surface area contributed by atoms with Gasteiger partial charge in [-0.3, -0.25) is 10.2 Å². The third-order valence-corrected chi connectivity index (χ3v) is 4.72. The molecule has 1 fully saturated rings. The Labute approximate surface area is 155 Å². The first-order valence-corrected chi connectivity index (χ1v) is 8.35. The molecular weight excluding hydrogens is 371 g/mol. The van der Waals surface area contributed by atoms with Crippen LogP contribution in [0.1, 0.15) is 25.3 Å². The summed E-state index contributed by atoms with van der Waals surface area (Å²) in [5.41, 5.74) is -0.908. The maximum atomic E-state index is 12.5. The summed E-state index contributed by atoms with van der Waals surface area (Å²) < 4.78 is 5.11. The van der Waals surface area contributed by atoms with Gasteiger partial charge in [-0.2, -0.15) is 0 Å². The van der Waals surface area contributed by atoms with E-state index in [-0.39, 0.29) is 17.2 Å². The zero-order valence-corrected chi connectivity index (χ0v) is 15.4. The van der Waals surface area contributed by atoms with Gasteiger partial charge in [0.2, 0.25) is 0 Å². The van der Waals surface area contributed by atoms with E-state index >= 15 is 0 Å². The number of nitrogens with one attached hydrogen (secondary N) is 2. The number of aliphatic hydroxyl groups is 1. The Hall–Kier alpha value is -1.43. The largest absolute Gasteiger partial charge is 0.466 e. The number of thiocarbonyl (C=S) groups is 1. The van der Waals surface area contributed by atoms with Gasteiger partial charge in [0.15, 0.2) is 0 Å². The van der Waals surface area contributed by atoms with Gasteiger partial charge in [0, 0.05) is 16.0 Å². The normalized spacial score (nSPS) is 26.5. The van der Waals surface area contributed by atoms with Crippen molar-refractivity contribution in [2.75, 3.05) is 6.61 Å². The lowest BCUT2D eigenvalue weighted by molar-refractivity contribution is -0.160. The third kappa shape index (κ3) is 3.48. The van der Waals surface area contributed by atoms with Crippen molar-refractivity contribution in [3.63, 3.8) is 0 Å². The van der Waals surface area contributed by atoms with Crippen molar-refractivity contribution in [1.82, 2.24) is 5.32 Å². The highest BCUT2D eigenvalue weighted by Gasteiger charge is 2.51. The highest BCUT2D eigenvalue weighted by Crippen LogP contribution is 2.44. The minimum absolute atomic E-state index is 0.131. The molecule has 1 aromatic carbocycles. The summed E-state index contributed by atoms with van der Waals surface area (Å²) >= 11 is 17.4. The standard InChI is InChI=1S/C16H16Cl2N2O3S/c1-3-23-15(21)13-12(9-5-4-8(17)6-11(9)18)10(7-19)14(24)20-16(13,2)22/h4-6,12-13,19,22H,3H2,1-2H3,(H,20,24)/t12-,13-,16?/m0/s1. The molecule has 0 spiro atoms.